The Hall–Kier alpha value is -3.82. The molecule has 0 amide bonds. The molecule has 0 aliphatic heterocycles. The van der Waals surface area contributed by atoms with E-state index < -0.39 is 15.8 Å². The molecule has 0 aromatic heterocycles. The smallest absolute Gasteiger partial charge is 0.339 e. The highest BCUT2D eigenvalue weighted by Gasteiger charge is 2.34. The third-order valence-corrected chi connectivity index (χ3v) is 5.88. The van der Waals surface area contributed by atoms with Crippen molar-refractivity contribution in [3.63, 3.8) is 0 Å². The number of oxime groups is 1. The van der Waals surface area contributed by atoms with Crippen LogP contribution in [0.15, 0.2) is 35.5 Å². The van der Waals surface area contributed by atoms with Crippen molar-refractivity contribution in [1.82, 2.24) is 0 Å². The molecular formula is C24H27N3O7. The van der Waals surface area contributed by atoms with Gasteiger partial charge >= 0.3 is 5.97 Å². The Morgan fingerprint density at radius 3 is 2.12 bits per heavy atom. The van der Waals surface area contributed by atoms with Crippen LogP contribution in [0.3, 0.4) is 0 Å². The van der Waals surface area contributed by atoms with Gasteiger partial charge in [-0.15, -0.1) is 0 Å². The molecule has 0 fully saturated rings. The van der Waals surface area contributed by atoms with E-state index in [1.807, 2.05) is 0 Å². The number of unbranched alkanes of at least 4 members (excludes halogenated alkanes) is 7. The number of hydrogen-bond acceptors (Lipinski definition) is 8. The van der Waals surface area contributed by atoms with E-state index in [0.717, 1.165) is 25.3 Å². The average molecular weight is 469 g/mol. The molecule has 0 saturated carbocycles. The van der Waals surface area contributed by atoms with Crippen molar-refractivity contribution in [1.29, 1.82) is 0 Å². The van der Waals surface area contributed by atoms with Gasteiger partial charge in [0.05, 0.1) is 22.0 Å². The monoisotopic (exact) mass is 469 g/mol. The van der Waals surface area contributed by atoms with Crippen LogP contribution in [-0.2, 0) is 4.74 Å². The van der Waals surface area contributed by atoms with Crippen molar-refractivity contribution in [3.05, 3.63) is 67.3 Å². The van der Waals surface area contributed by atoms with Gasteiger partial charge in [-0.1, -0.05) is 57.0 Å². The van der Waals surface area contributed by atoms with Gasteiger partial charge in [0.2, 0.25) is 0 Å². The molecule has 2 aromatic rings. The van der Waals surface area contributed by atoms with Crippen molar-refractivity contribution in [2.24, 2.45) is 5.16 Å². The topological polar surface area (TPSA) is 145 Å². The number of fused-ring (bicyclic) bond motifs is 3. The van der Waals surface area contributed by atoms with Crippen molar-refractivity contribution in [2.75, 3.05) is 6.61 Å². The van der Waals surface area contributed by atoms with Crippen molar-refractivity contribution < 1.29 is 24.6 Å². The molecule has 0 spiro atoms. The van der Waals surface area contributed by atoms with E-state index in [0.29, 0.717) is 17.5 Å². The molecule has 0 unspecified atom stereocenters. The molecule has 10 heteroatoms. The molecule has 0 radical (unpaired) electrons. The highest BCUT2D eigenvalue weighted by atomic mass is 16.6. The lowest BCUT2D eigenvalue weighted by Crippen LogP contribution is -2.10. The van der Waals surface area contributed by atoms with Crippen molar-refractivity contribution >= 4 is 23.1 Å². The van der Waals surface area contributed by atoms with E-state index in [9.17, 15) is 30.2 Å². The molecule has 180 valence electrons. The van der Waals surface area contributed by atoms with Crippen LogP contribution in [-0.4, -0.2) is 33.3 Å². The number of esters is 1. The lowest BCUT2D eigenvalue weighted by molar-refractivity contribution is -0.385. The zero-order chi connectivity index (χ0) is 24.7. The molecule has 34 heavy (non-hydrogen) atoms. The molecule has 1 aliphatic carbocycles. The van der Waals surface area contributed by atoms with E-state index in [2.05, 4.69) is 12.1 Å². The number of benzene rings is 2. The van der Waals surface area contributed by atoms with Gasteiger partial charge in [-0.2, -0.15) is 0 Å². The van der Waals surface area contributed by atoms with Crippen LogP contribution in [0.5, 0.6) is 0 Å². The quantitative estimate of drug-likeness (QED) is 0.112. The molecule has 0 heterocycles. The first-order valence-electron chi connectivity index (χ1n) is 11.4. The van der Waals surface area contributed by atoms with Gasteiger partial charge in [0.15, 0.2) is 0 Å². The first-order valence-corrected chi connectivity index (χ1v) is 11.4. The molecule has 1 N–H and O–H groups in total. The highest BCUT2D eigenvalue weighted by Crippen LogP contribution is 2.43. The summed E-state index contributed by atoms with van der Waals surface area (Å²) in [5.41, 5.74) is 0.330. The number of nitrogens with zero attached hydrogens (tertiary/aromatic N) is 3. The second kappa shape index (κ2) is 11.4. The second-order valence-corrected chi connectivity index (χ2v) is 8.22. The maximum Gasteiger partial charge on any atom is 0.339 e. The fourth-order valence-electron chi connectivity index (χ4n) is 4.16. The summed E-state index contributed by atoms with van der Waals surface area (Å²) in [5.74, 6) is -0.730. The SMILES string of the molecule is CCCCCCCCCCOC(=O)c1cc([N+](=O)[O-])cc2c1-c1ccc([N+](=O)[O-])cc1/C2=N\O. The fourth-order valence-corrected chi connectivity index (χ4v) is 4.16. The van der Waals surface area contributed by atoms with Gasteiger partial charge in [0, 0.05) is 41.0 Å². The predicted molar refractivity (Wildman–Crippen MR) is 126 cm³/mol. The van der Waals surface area contributed by atoms with Crippen LogP contribution < -0.4 is 0 Å². The van der Waals surface area contributed by atoms with Crippen LogP contribution in [0.1, 0.15) is 79.8 Å². The Kier molecular flexibility index (Phi) is 8.29. The van der Waals surface area contributed by atoms with Gasteiger partial charge in [-0.25, -0.2) is 4.79 Å². The van der Waals surface area contributed by atoms with Gasteiger partial charge in [0.25, 0.3) is 11.4 Å². The van der Waals surface area contributed by atoms with E-state index in [1.165, 1.54) is 49.9 Å². The molecule has 10 nitrogen and oxygen atoms in total. The van der Waals surface area contributed by atoms with Crippen LogP contribution >= 0.6 is 0 Å². The fraction of sp³-hybridized carbons (Fsp3) is 0.417. The van der Waals surface area contributed by atoms with E-state index in [4.69, 9.17) is 4.74 Å². The van der Waals surface area contributed by atoms with Gasteiger partial charge in [-0.05, 0) is 18.1 Å². The summed E-state index contributed by atoms with van der Waals surface area (Å²) in [6.45, 7) is 2.35. The summed E-state index contributed by atoms with van der Waals surface area (Å²) in [7, 11) is 0. The largest absolute Gasteiger partial charge is 0.462 e. The summed E-state index contributed by atoms with van der Waals surface area (Å²) < 4.78 is 5.41. The summed E-state index contributed by atoms with van der Waals surface area (Å²) in [4.78, 5) is 34.3. The standard InChI is InChI=1S/C24H27N3O7/c1-2-3-4-5-6-7-8-9-12-34-24(28)21-15-17(27(32)33)14-20-22(21)18-11-10-16(26(30)31)13-19(18)23(20)25-29/h10-11,13-15,29H,2-9,12H2,1H3/b25-23+. The number of nitro benzene ring substituents is 2. The number of nitro groups is 2. The second-order valence-electron chi connectivity index (χ2n) is 8.22. The number of carbonyl (C=O) groups excluding carboxylic acids is 1. The minimum Gasteiger partial charge on any atom is -0.462 e. The molecule has 3 rings (SSSR count). The zero-order valence-electron chi connectivity index (χ0n) is 19.0. The first-order chi connectivity index (χ1) is 16.4. The maximum absolute atomic E-state index is 12.9. The van der Waals surface area contributed by atoms with Crippen LogP contribution in [0.25, 0.3) is 11.1 Å². The van der Waals surface area contributed by atoms with Crippen molar-refractivity contribution in [3.8, 4) is 11.1 Å². The molecule has 1 aliphatic rings. The Morgan fingerprint density at radius 2 is 1.50 bits per heavy atom. The number of rotatable bonds is 12. The van der Waals surface area contributed by atoms with E-state index in [1.54, 1.807) is 0 Å². The third kappa shape index (κ3) is 5.38. The predicted octanol–water partition coefficient (Wildman–Crippen LogP) is 6.01. The number of hydrogen-bond donors (Lipinski definition) is 1. The zero-order valence-corrected chi connectivity index (χ0v) is 19.0. The molecular weight excluding hydrogens is 442 g/mol. The van der Waals surface area contributed by atoms with Crippen LogP contribution in [0.2, 0.25) is 0 Å². The molecule has 0 bridgehead atoms. The molecule has 0 atom stereocenters. The van der Waals surface area contributed by atoms with Crippen molar-refractivity contribution in [2.45, 2.75) is 58.3 Å². The molecule has 2 aromatic carbocycles. The molecule has 0 saturated heterocycles. The summed E-state index contributed by atoms with van der Waals surface area (Å²) >= 11 is 0. The van der Waals surface area contributed by atoms with E-state index >= 15 is 0 Å². The van der Waals surface area contributed by atoms with Crippen LogP contribution in [0, 0.1) is 20.2 Å². The van der Waals surface area contributed by atoms with Gasteiger partial charge in [0.1, 0.15) is 5.71 Å². The normalized spacial score (nSPS) is 12.9. The first kappa shape index (κ1) is 24.8. The Bertz CT molecular complexity index is 1130. The number of non-ortho nitro benzene ring substituents is 2. The summed E-state index contributed by atoms with van der Waals surface area (Å²) in [6, 6.07) is 6.23. The highest BCUT2D eigenvalue weighted by molar-refractivity contribution is 6.27. The number of ether oxygens (including phenoxy) is 1. The van der Waals surface area contributed by atoms with Crippen LogP contribution in [0.4, 0.5) is 11.4 Å². The van der Waals surface area contributed by atoms with Gasteiger partial charge in [-0.3, -0.25) is 20.2 Å². The summed E-state index contributed by atoms with van der Waals surface area (Å²) in [6.07, 6.45) is 8.65. The Labute approximate surface area is 196 Å². The van der Waals surface area contributed by atoms with Gasteiger partial charge < -0.3 is 9.94 Å². The lowest BCUT2D eigenvalue weighted by Gasteiger charge is -2.10. The summed E-state index contributed by atoms with van der Waals surface area (Å²) in [5, 5.41) is 35.4. The average Bonchev–Trinajstić information content (AvgIpc) is 3.14. The Balaban J connectivity index is 1.80. The Morgan fingerprint density at radius 1 is 0.882 bits per heavy atom. The lowest BCUT2D eigenvalue weighted by atomic mass is 9.98. The minimum atomic E-state index is -0.730. The number of carbonyl (C=O) groups is 1. The maximum atomic E-state index is 12.9. The minimum absolute atomic E-state index is 0.0440. The van der Waals surface area contributed by atoms with E-state index in [-0.39, 0.29) is 40.4 Å². The third-order valence-electron chi connectivity index (χ3n) is 5.88.